The Balaban J connectivity index is 1.96. The summed E-state index contributed by atoms with van der Waals surface area (Å²) in [6, 6.07) is 7.75. The second-order valence-corrected chi connectivity index (χ2v) is 5.10. The fraction of sp³-hybridized carbons (Fsp3) is 0.600. The van der Waals surface area contributed by atoms with Gasteiger partial charge < -0.3 is 5.32 Å². The Bertz CT molecular complexity index is 343. The van der Waals surface area contributed by atoms with Gasteiger partial charge in [0.1, 0.15) is 5.82 Å². The van der Waals surface area contributed by atoms with Crippen molar-refractivity contribution >= 4 is 0 Å². The Morgan fingerprint density at radius 1 is 1.12 bits per heavy atom. The number of hydrogen-bond donors (Lipinski definition) is 1. The van der Waals surface area contributed by atoms with Gasteiger partial charge in [-0.15, -0.1) is 0 Å². The zero-order valence-corrected chi connectivity index (χ0v) is 10.6. The van der Waals surface area contributed by atoms with Crippen LogP contribution in [0.3, 0.4) is 0 Å². The molecule has 1 aliphatic rings. The van der Waals surface area contributed by atoms with Crippen LogP contribution in [-0.2, 0) is 0 Å². The highest BCUT2D eigenvalue weighted by Crippen LogP contribution is 2.22. The molecule has 94 valence electrons. The molecule has 1 aromatic carbocycles. The number of rotatable bonds is 3. The maximum atomic E-state index is 13.6. The maximum Gasteiger partial charge on any atom is 0.127 e. The Hall–Kier alpha value is -0.890. The van der Waals surface area contributed by atoms with Gasteiger partial charge in [-0.3, -0.25) is 0 Å². The van der Waals surface area contributed by atoms with E-state index in [-0.39, 0.29) is 11.9 Å². The van der Waals surface area contributed by atoms with Crippen LogP contribution in [0.1, 0.15) is 57.1 Å². The van der Waals surface area contributed by atoms with Crippen molar-refractivity contribution in [2.45, 2.75) is 57.5 Å². The lowest BCUT2D eigenvalue weighted by Gasteiger charge is -2.22. The van der Waals surface area contributed by atoms with Gasteiger partial charge in [-0.05, 0) is 25.8 Å². The van der Waals surface area contributed by atoms with Crippen molar-refractivity contribution in [2.75, 3.05) is 0 Å². The van der Waals surface area contributed by atoms with Gasteiger partial charge >= 0.3 is 0 Å². The molecule has 0 saturated heterocycles. The van der Waals surface area contributed by atoms with Gasteiger partial charge in [0.15, 0.2) is 0 Å². The molecule has 0 heterocycles. The van der Waals surface area contributed by atoms with Crippen LogP contribution in [-0.4, -0.2) is 6.04 Å². The van der Waals surface area contributed by atoms with Crippen LogP contribution in [0.4, 0.5) is 4.39 Å². The van der Waals surface area contributed by atoms with E-state index in [1.807, 2.05) is 12.1 Å². The van der Waals surface area contributed by atoms with Crippen LogP contribution >= 0.6 is 0 Å². The molecule has 1 aliphatic carbocycles. The number of benzene rings is 1. The van der Waals surface area contributed by atoms with Crippen LogP contribution in [0.2, 0.25) is 0 Å². The average Bonchev–Trinajstić information content (AvgIpc) is 2.58. The lowest BCUT2D eigenvalue weighted by Crippen LogP contribution is -2.31. The number of halogens is 1. The molecule has 1 atom stereocenters. The normalized spacial score (nSPS) is 19.9. The van der Waals surface area contributed by atoms with Gasteiger partial charge in [-0.2, -0.15) is 0 Å². The standard InChI is InChI=1S/C15H22FN/c1-12(14-10-6-7-11-15(14)16)17-13-8-4-2-3-5-9-13/h6-7,10-13,17H,2-5,8-9H2,1H3/t12-/m1/s1. The quantitative estimate of drug-likeness (QED) is 0.774. The first-order chi connectivity index (χ1) is 8.27. The van der Waals surface area contributed by atoms with E-state index in [9.17, 15) is 4.39 Å². The summed E-state index contributed by atoms with van der Waals surface area (Å²) in [6.07, 6.45) is 7.79. The second kappa shape index (κ2) is 6.15. The van der Waals surface area contributed by atoms with Crippen molar-refractivity contribution in [1.82, 2.24) is 5.32 Å². The molecule has 0 radical (unpaired) electrons. The third kappa shape index (κ3) is 3.53. The highest BCUT2D eigenvalue weighted by Gasteiger charge is 2.16. The lowest BCUT2D eigenvalue weighted by atomic mass is 10.0. The van der Waals surface area contributed by atoms with E-state index in [1.54, 1.807) is 12.1 Å². The van der Waals surface area contributed by atoms with Gasteiger partial charge in [0, 0.05) is 17.6 Å². The summed E-state index contributed by atoms with van der Waals surface area (Å²) >= 11 is 0. The minimum atomic E-state index is -0.0962. The van der Waals surface area contributed by atoms with Crippen molar-refractivity contribution in [3.8, 4) is 0 Å². The van der Waals surface area contributed by atoms with E-state index in [0.29, 0.717) is 6.04 Å². The maximum absolute atomic E-state index is 13.6. The topological polar surface area (TPSA) is 12.0 Å². The Labute approximate surface area is 103 Å². The van der Waals surface area contributed by atoms with Crippen molar-refractivity contribution in [3.63, 3.8) is 0 Å². The molecule has 1 nitrogen and oxygen atoms in total. The first-order valence-electron chi connectivity index (χ1n) is 6.78. The predicted molar refractivity (Wildman–Crippen MR) is 69.4 cm³/mol. The minimum absolute atomic E-state index is 0.0962. The van der Waals surface area contributed by atoms with Gasteiger partial charge in [-0.1, -0.05) is 43.9 Å². The van der Waals surface area contributed by atoms with Crippen LogP contribution < -0.4 is 5.32 Å². The first-order valence-corrected chi connectivity index (χ1v) is 6.78. The van der Waals surface area contributed by atoms with E-state index < -0.39 is 0 Å². The SMILES string of the molecule is C[C@@H](NC1CCCCCC1)c1ccccc1F. The van der Waals surface area contributed by atoms with Gasteiger partial charge in [-0.25, -0.2) is 4.39 Å². The van der Waals surface area contributed by atoms with Crippen LogP contribution in [0.5, 0.6) is 0 Å². The summed E-state index contributed by atoms with van der Waals surface area (Å²) in [5, 5.41) is 3.58. The Kier molecular flexibility index (Phi) is 4.55. The van der Waals surface area contributed by atoms with Crippen molar-refractivity contribution in [2.24, 2.45) is 0 Å². The molecule has 0 spiro atoms. The second-order valence-electron chi connectivity index (χ2n) is 5.10. The van der Waals surface area contributed by atoms with Gasteiger partial charge in [0.05, 0.1) is 0 Å². The minimum Gasteiger partial charge on any atom is -0.307 e. The lowest BCUT2D eigenvalue weighted by molar-refractivity contribution is 0.406. The molecule has 0 aromatic heterocycles. The zero-order valence-electron chi connectivity index (χ0n) is 10.6. The molecule has 1 saturated carbocycles. The van der Waals surface area contributed by atoms with Gasteiger partial charge in [0.25, 0.3) is 0 Å². The third-order valence-corrected chi connectivity index (χ3v) is 3.71. The van der Waals surface area contributed by atoms with Crippen molar-refractivity contribution in [1.29, 1.82) is 0 Å². The summed E-state index contributed by atoms with van der Waals surface area (Å²) in [5.41, 5.74) is 0.789. The summed E-state index contributed by atoms with van der Waals surface area (Å²) in [5.74, 6) is -0.0962. The monoisotopic (exact) mass is 235 g/mol. The average molecular weight is 235 g/mol. The molecule has 17 heavy (non-hydrogen) atoms. The smallest absolute Gasteiger partial charge is 0.127 e. The third-order valence-electron chi connectivity index (χ3n) is 3.71. The van der Waals surface area contributed by atoms with Gasteiger partial charge in [0.2, 0.25) is 0 Å². The largest absolute Gasteiger partial charge is 0.307 e. The molecule has 0 unspecified atom stereocenters. The molecule has 0 aliphatic heterocycles. The van der Waals surface area contributed by atoms with Crippen molar-refractivity contribution < 1.29 is 4.39 Å². The highest BCUT2D eigenvalue weighted by molar-refractivity contribution is 5.20. The molecule has 1 fully saturated rings. The Morgan fingerprint density at radius 3 is 2.41 bits per heavy atom. The van der Waals surface area contributed by atoms with E-state index in [1.165, 1.54) is 38.5 Å². The summed E-state index contributed by atoms with van der Waals surface area (Å²) in [4.78, 5) is 0. The van der Waals surface area contributed by atoms with E-state index >= 15 is 0 Å². The molecular weight excluding hydrogens is 213 g/mol. The molecular formula is C15H22FN. The zero-order chi connectivity index (χ0) is 12.1. The summed E-state index contributed by atoms with van der Waals surface area (Å²) in [6.45, 7) is 2.06. The van der Waals surface area contributed by atoms with Crippen molar-refractivity contribution in [3.05, 3.63) is 35.6 Å². The van der Waals surface area contributed by atoms with E-state index in [2.05, 4.69) is 12.2 Å². The molecule has 0 bridgehead atoms. The van der Waals surface area contributed by atoms with Crippen LogP contribution in [0, 0.1) is 5.82 Å². The number of hydrogen-bond acceptors (Lipinski definition) is 1. The molecule has 1 aromatic rings. The van der Waals surface area contributed by atoms with E-state index in [0.717, 1.165) is 5.56 Å². The fourth-order valence-corrected chi connectivity index (χ4v) is 2.72. The molecule has 2 heteroatoms. The predicted octanol–water partition coefficient (Wildman–Crippen LogP) is 4.20. The van der Waals surface area contributed by atoms with E-state index in [4.69, 9.17) is 0 Å². The first kappa shape index (κ1) is 12.6. The molecule has 1 N–H and O–H groups in total. The summed E-state index contributed by atoms with van der Waals surface area (Å²) in [7, 11) is 0. The van der Waals surface area contributed by atoms with Crippen LogP contribution in [0.15, 0.2) is 24.3 Å². The molecule has 0 amide bonds. The fourth-order valence-electron chi connectivity index (χ4n) is 2.72. The van der Waals surface area contributed by atoms with Crippen LogP contribution in [0.25, 0.3) is 0 Å². The Morgan fingerprint density at radius 2 is 1.76 bits per heavy atom. The highest BCUT2D eigenvalue weighted by atomic mass is 19.1. The molecule has 2 rings (SSSR count). The summed E-state index contributed by atoms with van der Waals surface area (Å²) < 4.78 is 13.6. The number of nitrogens with one attached hydrogen (secondary N) is 1.